The van der Waals surface area contributed by atoms with Gasteiger partial charge in [0.05, 0.1) is 0 Å². The molecule has 1 aromatic carbocycles. The average Bonchev–Trinajstić information content (AvgIpc) is 2.46. The molecule has 0 spiro atoms. The molecule has 106 valence electrons. The molecule has 0 aliphatic carbocycles. The number of hydrogen-bond acceptors (Lipinski definition) is 3. The molecule has 1 heterocycles. The monoisotopic (exact) mass is 266 g/mol. The summed E-state index contributed by atoms with van der Waals surface area (Å²) in [4.78, 5) is 2.35. The van der Waals surface area contributed by atoms with Crippen molar-refractivity contribution in [3.05, 3.63) is 35.6 Å². The van der Waals surface area contributed by atoms with Crippen molar-refractivity contribution in [3.63, 3.8) is 0 Å². The quantitative estimate of drug-likeness (QED) is 0.856. The summed E-state index contributed by atoms with van der Waals surface area (Å²) in [5.41, 5.74) is 6.66. The predicted molar refractivity (Wildman–Crippen MR) is 74.2 cm³/mol. The van der Waals surface area contributed by atoms with Gasteiger partial charge in [0, 0.05) is 18.2 Å². The van der Waals surface area contributed by atoms with Crippen molar-refractivity contribution in [2.75, 3.05) is 26.2 Å². The zero-order valence-corrected chi connectivity index (χ0v) is 11.3. The van der Waals surface area contributed by atoms with Gasteiger partial charge in [0.25, 0.3) is 0 Å². The second kappa shape index (κ2) is 6.98. The van der Waals surface area contributed by atoms with E-state index in [4.69, 9.17) is 10.8 Å². The Kier molecular flexibility index (Phi) is 5.31. The van der Waals surface area contributed by atoms with Crippen molar-refractivity contribution in [1.29, 1.82) is 0 Å². The lowest BCUT2D eigenvalue weighted by Crippen LogP contribution is -2.36. The standard InChI is InChI=1S/C15H23FN2O/c16-14-4-2-1-3-13(14)15(17)7-10-18-8-5-12(11-19)6-9-18/h1-4,12,15,19H,5-11,17H2. The number of nitrogens with two attached hydrogens (primary N) is 1. The zero-order chi connectivity index (χ0) is 13.7. The molecule has 3 nitrogen and oxygen atoms in total. The van der Waals surface area contributed by atoms with E-state index in [9.17, 15) is 4.39 Å². The summed E-state index contributed by atoms with van der Waals surface area (Å²) >= 11 is 0. The lowest BCUT2D eigenvalue weighted by molar-refractivity contribution is 0.129. The lowest BCUT2D eigenvalue weighted by Gasteiger charge is -2.31. The van der Waals surface area contributed by atoms with E-state index in [1.165, 1.54) is 6.07 Å². The van der Waals surface area contributed by atoms with Crippen molar-refractivity contribution in [3.8, 4) is 0 Å². The third-order valence-electron chi connectivity index (χ3n) is 4.03. The summed E-state index contributed by atoms with van der Waals surface area (Å²) in [6.07, 6.45) is 2.86. The van der Waals surface area contributed by atoms with E-state index in [1.807, 2.05) is 6.07 Å². The fourth-order valence-electron chi connectivity index (χ4n) is 2.65. The Bertz CT molecular complexity index is 391. The normalized spacial score (nSPS) is 19.5. The fraction of sp³-hybridized carbons (Fsp3) is 0.600. The number of rotatable bonds is 5. The Labute approximate surface area is 114 Å². The summed E-state index contributed by atoms with van der Waals surface area (Å²) in [6, 6.07) is 6.49. The van der Waals surface area contributed by atoms with Crippen LogP contribution < -0.4 is 5.73 Å². The van der Waals surface area contributed by atoms with Gasteiger partial charge in [0.1, 0.15) is 5.82 Å². The van der Waals surface area contributed by atoms with Gasteiger partial charge in [-0.3, -0.25) is 0 Å². The molecular formula is C15H23FN2O. The van der Waals surface area contributed by atoms with Crippen LogP contribution in [0.5, 0.6) is 0 Å². The molecule has 0 saturated carbocycles. The van der Waals surface area contributed by atoms with Crippen molar-refractivity contribution < 1.29 is 9.50 Å². The number of piperidine rings is 1. The predicted octanol–water partition coefficient (Wildman–Crippen LogP) is 1.92. The van der Waals surface area contributed by atoms with Crippen LogP contribution in [0.4, 0.5) is 4.39 Å². The summed E-state index contributed by atoms with van der Waals surface area (Å²) < 4.78 is 13.6. The Hall–Kier alpha value is -0.970. The van der Waals surface area contributed by atoms with E-state index in [0.717, 1.165) is 38.9 Å². The van der Waals surface area contributed by atoms with Gasteiger partial charge in [-0.2, -0.15) is 0 Å². The number of benzene rings is 1. The highest BCUT2D eigenvalue weighted by Crippen LogP contribution is 2.20. The lowest BCUT2D eigenvalue weighted by atomic mass is 9.97. The molecule has 1 unspecified atom stereocenters. The third-order valence-corrected chi connectivity index (χ3v) is 4.03. The molecule has 3 N–H and O–H groups in total. The number of aliphatic hydroxyl groups is 1. The van der Waals surface area contributed by atoms with Crippen molar-refractivity contribution in [1.82, 2.24) is 4.90 Å². The van der Waals surface area contributed by atoms with Crippen LogP contribution in [0.2, 0.25) is 0 Å². The van der Waals surface area contributed by atoms with E-state index in [-0.39, 0.29) is 11.9 Å². The van der Waals surface area contributed by atoms with Gasteiger partial charge in [0.15, 0.2) is 0 Å². The van der Waals surface area contributed by atoms with Gasteiger partial charge in [-0.1, -0.05) is 18.2 Å². The molecule has 1 aliphatic rings. The molecule has 19 heavy (non-hydrogen) atoms. The highest BCUT2D eigenvalue weighted by atomic mass is 19.1. The molecule has 2 rings (SSSR count). The fourth-order valence-corrected chi connectivity index (χ4v) is 2.65. The molecule has 1 atom stereocenters. The molecule has 0 bridgehead atoms. The van der Waals surface area contributed by atoms with Gasteiger partial charge in [-0.25, -0.2) is 4.39 Å². The maximum Gasteiger partial charge on any atom is 0.127 e. The second-order valence-corrected chi connectivity index (χ2v) is 5.38. The Balaban J connectivity index is 1.78. The van der Waals surface area contributed by atoms with E-state index in [0.29, 0.717) is 18.1 Å². The summed E-state index contributed by atoms with van der Waals surface area (Å²) in [5.74, 6) is 0.241. The Morgan fingerprint density at radius 2 is 2.00 bits per heavy atom. The highest BCUT2D eigenvalue weighted by molar-refractivity contribution is 5.20. The number of halogens is 1. The molecule has 0 amide bonds. The van der Waals surface area contributed by atoms with Crippen LogP contribution in [0.25, 0.3) is 0 Å². The first-order valence-corrected chi connectivity index (χ1v) is 7.04. The maximum absolute atomic E-state index is 13.6. The first-order chi connectivity index (χ1) is 9.20. The number of aliphatic hydroxyl groups excluding tert-OH is 1. The molecular weight excluding hydrogens is 243 g/mol. The largest absolute Gasteiger partial charge is 0.396 e. The van der Waals surface area contributed by atoms with E-state index in [2.05, 4.69) is 4.90 Å². The molecule has 4 heteroatoms. The first-order valence-electron chi connectivity index (χ1n) is 7.04. The van der Waals surface area contributed by atoms with Crippen LogP contribution in [-0.4, -0.2) is 36.2 Å². The van der Waals surface area contributed by atoms with E-state index < -0.39 is 0 Å². The van der Waals surface area contributed by atoms with Crippen LogP contribution >= 0.6 is 0 Å². The molecule has 1 fully saturated rings. The zero-order valence-electron chi connectivity index (χ0n) is 11.3. The van der Waals surface area contributed by atoms with Crippen LogP contribution in [0.15, 0.2) is 24.3 Å². The molecule has 0 radical (unpaired) electrons. The van der Waals surface area contributed by atoms with E-state index in [1.54, 1.807) is 12.1 Å². The molecule has 0 aromatic heterocycles. The van der Waals surface area contributed by atoms with Crippen LogP contribution in [0.3, 0.4) is 0 Å². The van der Waals surface area contributed by atoms with Gasteiger partial charge >= 0.3 is 0 Å². The minimum absolute atomic E-state index is 0.214. The van der Waals surface area contributed by atoms with Gasteiger partial charge in [0.2, 0.25) is 0 Å². The summed E-state index contributed by atoms with van der Waals surface area (Å²) in [7, 11) is 0. The number of likely N-dealkylation sites (tertiary alicyclic amines) is 1. The minimum atomic E-state index is -0.239. The van der Waals surface area contributed by atoms with Gasteiger partial charge in [-0.05, 0) is 50.9 Å². The number of hydrogen-bond donors (Lipinski definition) is 2. The SMILES string of the molecule is NC(CCN1CCC(CO)CC1)c1ccccc1F. The van der Waals surface area contributed by atoms with Crippen molar-refractivity contribution in [2.45, 2.75) is 25.3 Å². The second-order valence-electron chi connectivity index (χ2n) is 5.38. The van der Waals surface area contributed by atoms with Gasteiger partial charge in [-0.15, -0.1) is 0 Å². The third kappa shape index (κ3) is 4.00. The van der Waals surface area contributed by atoms with Crippen LogP contribution in [-0.2, 0) is 0 Å². The minimum Gasteiger partial charge on any atom is -0.396 e. The van der Waals surface area contributed by atoms with Crippen molar-refractivity contribution >= 4 is 0 Å². The Morgan fingerprint density at radius 1 is 1.32 bits per heavy atom. The first kappa shape index (κ1) is 14.4. The van der Waals surface area contributed by atoms with E-state index >= 15 is 0 Å². The van der Waals surface area contributed by atoms with Crippen LogP contribution in [0.1, 0.15) is 30.9 Å². The average molecular weight is 266 g/mol. The summed E-state index contributed by atoms with van der Waals surface area (Å²) in [5, 5.41) is 9.09. The van der Waals surface area contributed by atoms with Gasteiger partial charge < -0.3 is 15.7 Å². The van der Waals surface area contributed by atoms with Crippen molar-refractivity contribution in [2.24, 2.45) is 11.7 Å². The summed E-state index contributed by atoms with van der Waals surface area (Å²) in [6.45, 7) is 3.21. The number of nitrogens with zero attached hydrogens (tertiary/aromatic N) is 1. The molecule has 1 aliphatic heterocycles. The topological polar surface area (TPSA) is 49.5 Å². The maximum atomic E-state index is 13.6. The molecule has 1 aromatic rings. The molecule has 1 saturated heterocycles. The highest BCUT2D eigenvalue weighted by Gasteiger charge is 2.19. The Morgan fingerprint density at radius 3 is 2.63 bits per heavy atom. The smallest absolute Gasteiger partial charge is 0.127 e. The van der Waals surface area contributed by atoms with Crippen LogP contribution in [0, 0.1) is 11.7 Å².